The van der Waals surface area contributed by atoms with Gasteiger partial charge in [-0.2, -0.15) is 0 Å². The van der Waals surface area contributed by atoms with Crippen LogP contribution in [0.2, 0.25) is 0 Å². The maximum absolute atomic E-state index is 12.7. The fourth-order valence-corrected chi connectivity index (χ4v) is 7.35. The maximum atomic E-state index is 12.7. The number of methoxy groups -OCH3 is 1. The molecule has 0 saturated carbocycles. The van der Waals surface area contributed by atoms with Crippen LogP contribution in [0.5, 0.6) is 0 Å². The number of carbonyl (C=O) groups excluding carboxylic acids is 2. The summed E-state index contributed by atoms with van der Waals surface area (Å²) in [5.41, 5.74) is 5.17. The van der Waals surface area contributed by atoms with Gasteiger partial charge in [0.2, 0.25) is 5.91 Å². The van der Waals surface area contributed by atoms with Crippen LogP contribution in [-0.4, -0.2) is 29.4 Å². The van der Waals surface area contributed by atoms with Crippen LogP contribution in [0.1, 0.15) is 43.0 Å². The number of nitrogens with zero attached hydrogens (tertiary/aromatic N) is 1. The third kappa shape index (κ3) is 3.96. The van der Waals surface area contributed by atoms with Gasteiger partial charge in [0.25, 0.3) is 0 Å². The predicted octanol–water partition coefficient (Wildman–Crippen LogP) is 6.51. The van der Waals surface area contributed by atoms with Gasteiger partial charge in [-0.15, -0.1) is 0 Å². The van der Waals surface area contributed by atoms with Crippen LogP contribution in [0.4, 0.5) is 5.69 Å². The minimum atomic E-state index is -0.694. The predicted molar refractivity (Wildman–Crippen MR) is 143 cm³/mol. The fourth-order valence-electron chi connectivity index (χ4n) is 4.19. The molecule has 4 rings (SSSR count). The number of benzene rings is 2. The molecule has 7 heteroatoms. The Morgan fingerprint density at radius 2 is 1.67 bits per heavy atom. The van der Waals surface area contributed by atoms with Gasteiger partial charge in [-0.1, -0.05) is 66.1 Å². The van der Waals surface area contributed by atoms with Crippen molar-refractivity contribution in [2.75, 3.05) is 12.0 Å². The molecule has 33 heavy (non-hydrogen) atoms. The van der Waals surface area contributed by atoms with Crippen molar-refractivity contribution in [3.63, 3.8) is 0 Å². The third-order valence-corrected chi connectivity index (χ3v) is 9.32. The second kappa shape index (κ2) is 8.78. The number of fused-ring (bicyclic) bond motifs is 1. The van der Waals surface area contributed by atoms with Gasteiger partial charge in [0.1, 0.15) is 4.91 Å². The molecule has 0 bridgehead atoms. The van der Waals surface area contributed by atoms with Crippen molar-refractivity contribution >= 4 is 68.6 Å². The molecular formula is C26H25NO3S3. The van der Waals surface area contributed by atoms with Crippen LogP contribution in [0.25, 0.3) is 10.5 Å². The lowest BCUT2D eigenvalue weighted by Gasteiger charge is -2.45. The summed E-state index contributed by atoms with van der Waals surface area (Å²) in [6, 6.07) is 14.0. The zero-order valence-corrected chi connectivity index (χ0v) is 21.9. The molecule has 2 aromatic carbocycles. The number of esters is 1. The summed E-state index contributed by atoms with van der Waals surface area (Å²) in [6.45, 7) is 9.63. The maximum Gasteiger partial charge on any atom is 0.345 e. The summed E-state index contributed by atoms with van der Waals surface area (Å²) < 4.78 is 6.03. The van der Waals surface area contributed by atoms with Gasteiger partial charge in [0, 0.05) is 23.0 Å². The molecule has 4 nitrogen and oxygen atoms in total. The molecule has 0 radical (unpaired) electrons. The van der Waals surface area contributed by atoms with Crippen molar-refractivity contribution in [1.29, 1.82) is 0 Å². The Morgan fingerprint density at radius 3 is 2.27 bits per heavy atom. The normalized spacial score (nSPS) is 19.6. The van der Waals surface area contributed by atoms with Gasteiger partial charge in [0.05, 0.1) is 27.4 Å². The molecule has 0 saturated heterocycles. The van der Waals surface area contributed by atoms with Crippen LogP contribution in [-0.2, 0) is 14.3 Å². The van der Waals surface area contributed by atoms with Crippen LogP contribution in [0, 0.1) is 13.8 Å². The van der Waals surface area contributed by atoms with E-state index in [1.807, 2.05) is 51.1 Å². The molecule has 0 N–H and O–H groups in total. The number of thioether (sulfide) groups is 2. The smallest absolute Gasteiger partial charge is 0.345 e. The molecule has 170 valence electrons. The Kier molecular flexibility index (Phi) is 6.33. The average molecular weight is 496 g/mol. The number of hydrogen-bond donors (Lipinski definition) is 0. The number of ether oxygens (including phenoxy) is 1. The standard InChI is InChI=1S/C26H25NO3S3/c1-14-12-18-19(13-15(14)2)27(16(3)28)26(4,5)23(31)20(18)25-32-21(17-10-8-7-9-11-17)22(33-25)24(29)30-6/h7-13H,1-6H3. The summed E-state index contributed by atoms with van der Waals surface area (Å²) >= 11 is 8.96. The topological polar surface area (TPSA) is 46.6 Å². The monoisotopic (exact) mass is 495 g/mol. The summed E-state index contributed by atoms with van der Waals surface area (Å²) in [6.07, 6.45) is 0. The molecule has 1 amide bonds. The Bertz CT molecular complexity index is 1260. The first kappa shape index (κ1) is 23.8. The van der Waals surface area contributed by atoms with Crippen molar-refractivity contribution in [2.45, 2.75) is 40.2 Å². The van der Waals surface area contributed by atoms with Gasteiger partial charge < -0.3 is 9.64 Å². The summed E-state index contributed by atoms with van der Waals surface area (Å²) in [5, 5.41) is 0. The average Bonchev–Trinajstić information content (AvgIpc) is 3.21. The molecule has 0 aliphatic carbocycles. The van der Waals surface area contributed by atoms with Crippen molar-refractivity contribution in [3.05, 3.63) is 73.9 Å². The van der Waals surface area contributed by atoms with Crippen molar-refractivity contribution < 1.29 is 14.3 Å². The molecule has 2 aromatic rings. The van der Waals surface area contributed by atoms with Crippen LogP contribution in [0.15, 0.2) is 51.6 Å². The number of rotatable bonds is 2. The first-order chi connectivity index (χ1) is 15.6. The van der Waals surface area contributed by atoms with Crippen molar-refractivity contribution in [3.8, 4) is 0 Å². The quantitative estimate of drug-likeness (QED) is 0.269. The number of anilines is 1. The van der Waals surface area contributed by atoms with E-state index in [2.05, 4.69) is 19.1 Å². The number of amides is 1. The second-order valence-electron chi connectivity index (χ2n) is 8.58. The van der Waals surface area contributed by atoms with E-state index in [1.54, 1.807) is 23.6 Å². The lowest BCUT2D eigenvalue weighted by atomic mass is 9.82. The van der Waals surface area contributed by atoms with E-state index in [4.69, 9.17) is 17.0 Å². The van der Waals surface area contributed by atoms with E-state index in [0.717, 1.165) is 42.7 Å². The Balaban J connectivity index is 1.97. The van der Waals surface area contributed by atoms with Gasteiger partial charge in [-0.3, -0.25) is 4.79 Å². The summed E-state index contributed by atoms with van der Waals surface area (Å²) in [4.78, 5) is 29.3. The Hall–Kier alpha value is -2.35. The fraction of sp³-hybridized carbons (Fsp3) is 0.269. The molecule has 2 heterocycles. The first-order valence-corrected chi connectivity index (χ1v) is 12.6. The van der Waals surface area contributed by atoms with E-state index in [1.165, 1.54) is 18.9 Å². The number of thiocarbonyl (C=S) groups is 1. The van der Waals surface area contributed by atoms with Crippen LogP contribution < -0.4 is 4.90 Å². The Morgan fingerprint density at radius 1 is 1.03 bits per heavy atom. The van der Waals surface area contributed by atoms with Crippen LogP contribution in [0.3, 0.4) is 0 Å². The molecule has 2 aliphatic rings. The highest BCUT2D eigenvalue weighted by Gasteiger charge is 2.44. The minimum Gasteiger partial charge on any atom is -0.465 e. The number of carbonyl (C=O) groups is 2. The van der Waals surface area contributed by atoms with E-state index in [0.29, 0.717) is 9.77 Å². The van der Waals surface area contributed by atoms with E-state index in [9.17, 15) is 9.59 Å². The van der Waals surface area contributed by atoms with Gasteiger partial charge in [-0.05, 0) is 56.5 Å². The zero-order valence-electron chi connectivity index (χ0n) is 19.4. The number of hydrogen-bond acceptors (Lipinski definition) is 6. The first-order valence-electron chi connectivity index (χ1n) is 10.5. The van der Waals surface area contributed by atoms with E-state index < -0.39 is 5.54 Å². The summed E-state index contributed by atoms with van der Waals surface area (Å²) in [5.74, 6) is -0.422. The molecule has 2 aliphatic heterocycles. The molecule has 0 spiro atoms. The molecular weight excluding hydrogens is 470 g/mol. The lowest BCUT2D eigenvalue weighted by Crippen LogP contribution is -2.55. The molecule has 0 aromatic heterocycles. The molecule has 0 unspecified atom stereocenters. The van der Waals surface area contributed by atoms with E-state index in [-0.39, 0.29) is 11.9 Å². The molecule has 0 fully saturated rings. The van der Waals surface area contributed by atoms with Crippen molar-refractivity contribution in [2.24, 2.45) is 0 Å². The van der Waals surface area contributed by atoms with Gasteiger partial charge >= 0.3 is 5.97 Å². The van der Waals surface area contributed by atoms with Crippen LogP contribution >= 0.6 is 35.7 Å². The second-order valence-corrected chi connectivity index (χ2v) is 11.3. The highest BCUT2D eigenvalue weighted by atomic mass is 32.2. The highest BCUT2D eigenvalue weighted by molar-refractivity contribution is 8.32. The zero-order chi connectivity index (χ0) is 24.1. The van der Waals surface area contributed by atoms with Gasteiger partial charge in [-0.25, -0.2) is 4.79 Å². The Labute approximate surface area is 208 Å². The molecule has 0 atom stereocenters. The largest absolute Gasteiger partial charge is 0.465 e. The van der Waals surface area contributed by atoms with Gasteiger partial charge in [0.15, 0.2) is 0 Å². The third-order valence-electron chi connectivity index (χ3n) is 5.99. The lowest BCUT2D eigenvalue weighted by molar-refractivity contribution is -0.135. The highest BCUT2D eigenvalue weighted by Crippen LogP contribution is 2.58. The van der Waals surface area contributed by atoms with Crippen molar-refractivity contribution in [1.82, 2.24) is 0 Å². The number of aryl methyl sites for hydroxylation is 2. The van der Waals surface area contributed by atoms with E-state index >= 15 is 0 Å². The SMILES string of the molecule is COC(=O)C1=C(c2ccccc2)SC(=C2C(=S)C(C)(C)N(C(C)=O)c3cc(C)c(C)cc32)S1. The summed E-state index contributed by atoms with van der Waals surface area (Å²) in [7, 11) is 1.40. The minimum absolute atomic E-state index is 0.0546.